The van der Waals surface area contributed by atoms with Crippen molar-refractivity contribution >= 4 is 46.1 Å². The third-order valence-corrected chi connectivity index (χ3v) is 6.14. The Balaban J connectivity index is 1.73. The van der Waals surface area contributed by atoms with E-state index >= 15 is 0 Å². The molecule has 6 nitrogen and oxygen atoms in total. The molecule has 186 valence electrons. The van der Waals surface area contributed by atoms with Gasteiger partial charge < -0.3 is 20.0 Å². The Bertz CT molecular complexity index is 1450. The Morgan fingerprint density at radius 1 is 0.395 bits per heavy atom. The summed E-state index contributed by atoms with van der Waals surface area (Å²) in [7, 11) is 0. The second-order valence-electron chi connectivity index (χ2n) is 8.53. The zero-order chi connectivity index (χ0) is 26.5. The van der Waals surface area contributed by atoms with Crippen LogP contribution in [0.1, 0.15) is 20.7 Å². The van der Waals surface area contributed by atoms with E-state index in [1.807, 2.05) is 89.8 Å². The third-order valence-electron chi connectivity index (χ3n) is 6.14. The predicted molar refractivity (Wildman–Crippen MR) is 150 cm³/mol. The fraction of sp³-hybridized carbons (Fsp3) is 0. The van der Waals surface area contributed by atoms with Gasteiger partial charge in [0, 0.05) is 22.7 Å². The first kappa shape index (κ1) is 24.3. The Labute approximate surface area is 220 Å². The highest BCUT2D eigenvalue weighted by atomic mass is 16.4. The molecule has 0 bridgehead atoms. The zero-order valence-electron chi connectivity index (χ0n) is 20.3. The molecule has 5 aromatic rings. The molecule has 0 saturated carbocycles. The third kappa shape index (κ3) is 4.96. The van der Waals surface area contributed by atoms with Crippen molar-refractivity contribution < 1.29 is 19.8 Å². The van der Waals surface area contributed by atoms with Crippen LogP contribution in [-0.2, 0) is 0 Å². The molecule has 0 radical (unpaired) electrons. The van der Waals surface area contributed by atoms with Crippen LogP contribution < -0.4 is 9.80 Å². The van der Waals surface area contributed by atoms with Gasteiger partial charge >= 0.3 is 11.9 Å². The lowest BCUT2D eigenvalue weighted by molar-refractivity contribution is 0.0686. The van der Waals surface area contributed by atoms with E-state index in [9.17, 15) is 19.8 Å². The number of carboxylic acid groups (broad SMARTS) is 2. The highest BCUT2D eigenvalue weighted by molar-refractivity contribution is 5.93. The number of carboxylic acids is 2. The van der Waals surface area contributed by atoms with Crippen molar-refractivity contribution in [2.24, 2.45) is 0 Å². The largest absolute Gasteiger partial charge is 0.478 e. The number of benzene rings is 5. The lowest BCUT2D eigenvalue weighted by Gasteiger charge is -2.33. The first-order valence-corrected chi connectivity index (χ1v) is 12.0. The van der Waals surface area contributed by atoms with Crippen molar-refractivity contribution in [1.82, 2.24) is 0 Å². The predicted octanol–water partition coefficient (Wildman–Crippen LogP) is 8.02. The molecule has 0 aromatic heterocycles. The van der Waals surface area contributed by atoms with Crippen LogP contribution in [0.4, 0.5) is 34.1 Å². The van der Waals surface area contributed by atoms with Gasteiger partial charge in [0.15, 0.2) is 0 Å². The number of anilines is 6. The molecule has 2 N–H and O–H groups in total. The lowest BCUT2D eigenvalue weighted by Crippen LogP contribution is -2.17. The normalized spacial score (nSPS) is 10.5. The maximum absolute atomic E-state index is 11.5. The summed E-state index contributed by atoms with van der Waals surface area (Å²) < 4.78 is 0. The summed E-state index contributed by atoms with van der Waals surface area (Å²) in [6, 6.07) is 41.2. The fourth-order valence-corrected chi connectivity index (χ4v) is 4.36. The molecule has 5 rings (SSSR count). The van der Waals surface area contributed by atoms with Gasteiger partial charge in [-0.05, 0) is 84.9 Å². The number of para-hydroxylation sites is 4. The summed E-state index contributed by atoms with van der Waals surface area (Å²) in [6.07, 6.45) is 0. The van der Waals surface area contributed by atoms with Crippen molar-refractivity contribution in [1.29, 1.82) is 0 Å². The van der Waals surface area contributed by atoms with Crippen LogP contribution in [0.2, 0.25) is 0 Å². The molecule has 0 atom stereocenters. The fourth-order valence-electron chi connectivity index (χ4n) is 4.36. The molecule has 5 aromatic carbocycles. The minimum atomic E-state index is -1.01. The van der Waals surface area contributed by atoms with Crippen molar-refractivity contribution in [3.8, 4) is 0 Å². The van der Waals surface area contributed by atoms with Crippen LogP contribution in [0.3, 0.4) is 0 Å². The van der Waals surface area contributed by atoms with Gasteiger partial charge in [-0.25, -0.2) is 9.59 Å². The van der Waals surface area contributed by atoms with Gasteiger partial charge in [0.25, 0.3) is 0 Å². The molecular weight excluding hydrogens is 476 g/mol. The number of rotatable bonds is 8. The molecule has 0 aliphatic carbocycles. The molecule has 0 heterocycles. The van der Waals surface area contributed by atoms with Crippen LogP contribution >= 0.6 is 0 Å². The Kier molecular flexibility index (Phi) is 6.87. The van der Waals surface area contributed by atoms with Crippen molar-refractivity contribution in [3.63, 3.8) is 0 Å². The highest BCUT2D eigenvalue weighted by Crippen LogP contribution is 2.45. The number of carbonyl (C=O) groups is 2. The molecular formula is C32H24N2O4. The molecule has 0 saturated heterocycles. The number of aromatic carboxylic acids is 2. The van der Waals surface area contributed by atoms with E-state index < -0.39 is 11.9 Å². The number of nitrogens with zero attached hydrogens (tertiary/aromatic N) is 2. The molecule has 0 aliphatic heterocycles. The van der Waals surface area contributed by atoms with E-state index in [0.717, 1.165) is 34.1 Å². The molecule has 0 aliphatic rings. The Morgan fingerprint density at radius 3 is 1.00 bits per heavy atom. The van der Waals surface area contributed by atoms with Gasteiger partial charge in [-0.1, -0.05) is 48.5 Å². The molecule has 0 amide bonds. The maximum Gasteiger partial charge on any atom is 0.335 e. The summed E-state index contributed by atoms with van der Waals surface area (Å²) in [5, 5.41) is 18.8. The van der Waals surface area contributed by atoms with Gasteiger partial charge in [0.2, 0.25) is 0 Å². The monoisotopic (exact) mass is 500 g/mol. The molecule has 0 fully saturated rings. The number of hydrogen-bond acceptors (Lipinski definition) is 4. The Morgan fingerprint density at radius 2 is 0.684 bits per heavy atom. The van der Waals surface area contributed by atoms with E-state index in [4.69, 9.17) is 0 Å². The van der Waals surface area contributed by atoms with Crippen molar-refractivity contribution in [2.75, 3.05) is 9.80 Å². The average Bonchev–Trinajstić information content (AvgIpc) is 2.96. The zero-order valence-corrected chi connectivity index (χ0v) is 20.3. The second kappa shape index (κ2) is 10.7. The van der Waals surface area contributed by atoms with E-state index in [-0.39, 0.29) is 11.1 Å². The summed E-state index contributed by atoms with van der Waals surface area (Å²) >= 11 is 0. The smallest absolute Gasteiger partial charge is 0.335 e. The summed E-state index contributed by atoms with van der Waals surface area (Å²) in [5.74, 6) is -2.01. The first-order valence-electron chi connectivity index (χ1n) is 12.0. The standard InChI is InChI=1S/C32H24N2O4/c35-31(36)23-15-19-27(20-16-23)34(28-21-17-24(18-22-28)32(37)38)30-14-8-7-13-29(30)33(25-9-3-1-4-10-25)26-11-5-2-6-12-26/h1-22H,(H,35,36)(H,37,38). The topological polar surface area (TPSA) is 81.1 Å². The van der Waals surface area contributed by atoms with Crippen LogP contribution in [0.25, 0.3) is 0 Å². The second-order valence-corrected chi connectivity index (χ2v) is 8.53. The van der Waals surface area contributed by atoms with Gasteiger partial charge in [0.1, 0.15) is 0 Å². The summed E-state index contributed by atoms with van der Waals surface area (Å²) in [6.45, 7) is 0. The molecule has 6 heteroatoms. The molecule has 0 spiro atoms. The number of hydrogen-bond donors (Lipinski definition) is 2. The van der Waals surface area contributed by atoms with Gasteiger partial charge in [0.05, 0.1) is 22.5 Å². The van der Waals surface area contributed by atoms with Crippen molar-refractivity contribution in [2.45, 2.75) is 0 Å². The van der Waals surface area contributed by atoms with E-state index in [2.05, 4.69) is 4.90 Å². The van der Waals surface area contributed by atoms with Crippen LogP contribution in [-0.4, -0.2) is 22.2 Å². The van der Waals surface area contributed by atoms with Gasteiger partial charge in [-0.2, -0.15) is 0 Å². The molecule has 38 heavy (non-hydrogen) atoms. The first-order chi connectivity index (χ1) is 18.5. The van der Waals surface area contributed by atoms with E-state index in [1.54, 1.807) is 48.5 Å². The summed E-state index contributed by atoms with van der Waals surface area (Å²) in [5.41, 5.74) is 5.46. The quantitative estimate of drug-likeness (QED) is 0.224. The van der Waals surface area contributed by atoms with Crippen molar-refractivity contribution in [3.05, 3.63) is 145 Å². The maximum atomic E-state index is 11.5. The molecule has 0 unspecified atom stereocenters. The highest BCUT2D eigenvalue weighted by Gasteiger charge is 2.22. The lowest BCUT2D eigenvalue weighted by atomic mass is 10.1. The summed E-state index contributed by atoms with van der Waals surface area (Å²) in [4.78, 5) is 27.2. The van der Waals surface area contributed by atoms with Crippen LogP contribution in [0.15, 0.2) is 133 Å². The van der Waals surface area contributed by atoms with Gasteiger partial charge in [-0.15, -0.1) is 0 Å². The van der Waals surface area contributed by atoms with E-state index in [1.165, 1.54) is 0 Å². The minimum absolute atomic E-state index is 0.179. The average molecular weight is 501 g/mol. The van der Waals surface area contributed by atoms with Gasteiger partial charge in [-0.3, -0.25) is 0 Å². The Hall–Kier alpha value is -5.36. The SMILES string of the molecule is O=C(O)c1ccc(N(c2ccc(C(=O)O)cc2)c2ccccc2N(c2ccccc2)c2ccccc2)cc1. The van der Waals surface area contributed by atoms with Crippen LogP contribution in [0, 0.1) is 0 Å². The van der Waals surface area contributed by atoms with E-state index in [0.29, 0.717) is 0 Å². The minimum Gasteiger partial charge on any atom is -0.478 e. The van der Waals surface area contributed by atoms with Crippen LogP contribution in [0.5, 0.6) is 0 Å².